The molecule has 102 valence electrons. The predicted octanol–water partition coefficient (Wildman–Crippen LogP) is 2.35. The second-order valence-electron chi connectivity index (χ2n) is 5.29. The molecule has 0 amide bonds. The van der Waals surface area contributed by atoms with E-state index < -0.39 is 0 Å². The molecule has 1 rings (SSSR count). The second kappa shape index (κ2) is 7.29. The van der Waals surface area contributed by atoms with Crippen molar-refractivity contribution in [3.63, 3.8) is 0 Å². The lowest BCUT2D eigenvalue weighted by Gasteiger charge is -2.18. The lowest BCUT2D eigenvalue weighted by atomic mass is 9.80. The maximum absolute atomic E-state index is 5.84. The quantitative estimate of drug-likeness (QED) is 0.709. The van der Waals surface area contributed by atoms with Crippen LogP contribution in [0.5, 0.6) is 0 Å². The fourth-order valence-electron chi connectivity index (χ4n) is 1.60. The summed E-state index contributed by atoms with van der Waals surface area (Å²) in [7, 11) is 3.90. The molecule has 0 aliphatic rings. The maximum atomic E-state index is 5.84. The van der Waals surface area contributed by atoms with E-state index in [1.165, 1.54) is 4.88 Å². The number of hydrogen-bond donors (Lipinski definition) is 0. The summed E-state index contributed by atoms with van der Waals surface area (Å²) >= 11 is 1.76. The number of thiophene rings is 1. The van der Waals surface area contributed by atoms with Crippen molar-refractivity contribution < 1.29 is 9.31 Å². The Labute approximate surface area is 115 Å². The Kier molecular flexibility index (Phi) is 6.36. The van der Waals surface area contributed by atoms with Crippen LogP contribution in [-0.2, 0) is 15.9 Å². The molecule has 1 aromatic heterocycles. The van der Waals surface area contributed by atoms with Gasteiger partial charge in [0.2, 0.25) is 0 Å². The van der Waals surface area contributed by atoms with E-state index in [-0.39, 0.29) is 19.3 Å². The van der Waals surface area contributed by atoms with Gasteiger partial charge in [-0.1, -0.05) is 0 Å². The highest BCUT2D eigenvalue weighted by Crippen LogP contribution is 2.11. The zero-order valence-electron chi connectivity index (χ0n) is 12.3. The molecular formula is C13H24BNO2S. The third-order valence-corrected chi connectivity index (χ3v) is 3.15. The summed E-state index contributed by atoms with van der Waals surface area (Å²) in [4.78, 5) is 3.50. The van der Waals surface area contributed by atoms with E-state index in [0.717, 1.165) is 12.0 Å². The smallest absolute Gasteiger partial charge is 0.405 e. The Bertz CT molecular complexity index is 343. The van der Waals surface area contributed by atoms with Gasteiger partial charge >= 0.3 is 7.12 Å². The largest absolute Gasteiger partial charge is 0.495 e. The molecule has 0 radical (unpaired) electrons. The summed E-state index contributed by atoms with van der Waals surface area (Å²) in [6.45, 7) is 9.09. The summed E-state index contributed by atoms with van der Waals surface area (Å²) in [5.41, 5.74) is 1.12. The van der Waals surface area contributed by atoms with Crippen molar-refractivity contribution in [1.29, 1.82) is 0 Å². The van der Waals surface area contributed by atoms with Crippen LogP contribution in [0.15, 0.2) is 11.4 Å². The average molecular weight is 269 g/mol. The summed E-state index contributed by atoms with van der Waals surface area (Å²) in [6, 6.07) is 2.18. The van der Waals surface area contributed by atoms with E-state index in [2.05, 4.69) is 30.4 Å². The summed E-state index contributed by atoms with van der Waals surface area (Å²) in [5.74, 6) is 0. The SMILES string of the molecule is CC(C)OB(OC(C)C)c1csc(CN(C)C)c1. The van der Waals surface area contributed by atoms with Crippen molar-refractivity contribution in [1.82, 2.24) is 4.90 Å². The Balaban J connectivity index is 2.74. The first-order chi connectivity index (χ1) is 8.38. The van der Waals surface area contributed by atoms with Crippen LogP contribution < -0.4 is 5.46 Å². The molecule has 1 heterocycles. The molecule has 0 saturated carbocycles. The molecule has 0 aromatic carbocycles. The topological polar surface area (TPSA) is 21.7 Å². The minimum Gasteiger partial charge on any atom is -0.405 e. The van der Waals surface area contributed by atoms with Crippen molar-refractivity contribution in [3.05, 3.63) is 16.3 Å². The van der Waals surface area contributed by atoms with Gasteiger partial charge in [-0.2, -0.15) is 0 Å². The van der Waals surface area contributed by atoms with Gasteiger partial charge in [-0.15, -0.1) is 11.3 Å². The number of rotatable bonds is 7. The van der Waals surface area contributed by atoms with Gasteiger partial charge in [0.05, 0.1) is 0 Å². The summed E-state index contributed by atoms with van der Waals surface area (Å²) in [6.07, 6.45) is 0.317. The first-order valence-electron chi connectivity index (χ1n) is 6.41. The van der Waals surface area contributed by atoms with Crippen LogP contribution in [0.3, 0.4) is 0 Å². The maximum Gasteiger partial charge on any atom is 0.495 e. The minimum absolute atomic E-state index is 0.158. The molecule has 0 saturated heterocycles. The molecule has 0 N–H and O–H groups in total. The van der Waals surface area contributed by atoms with E-state index in [9.17, 15) is 0 Å². The molecule has 0 aliphatic carbocycles. The van der Waals surface area contributed by atoms with E-state index >= 15 is 0 Å². The molecule has 0 unspecified atom stereocenters. The van der Waals surface area contributed by atoms with Crippen LogP contribution in [-0.4, -0.2) is 38.3 Å². The van der Waals surface area contributed by atoms with Crippen molar-refractivity contribution in [2.45, 2.75) is 46.4 Å². The van der Waals surface area contributed by atoms with Crippen LogP contribution in [0.2, 0.25) is 0 Å². The van der Waals surface area contributed by atoms with Gasteiger partial charge in [-0.25, -0.2) is 0 Å². The van der Waals surface area contributed by atoms with Gasteiger partial charge in [0.15, 0.2) is 0 Å². The van der Waals surface area contributed by atoms with Crippen LogP contribution in [0, 0.1) is 0 Å². The monoisotopic (exact) mass is 269 g/mol. The Morgan fingerprint density at radius 3 is 2.17 bits per heavy atom. The molecule has 0 bridgehead atoms. The lowest BCUT2D eigenvalue weighted by Crippen LogP contribution is -2.40. The van der Waals surface area contributed by atoms with Crippen LogP contribution in [0.25, 0.3) is 0 Å². The van der Waals surface area contributed by atoms with Gasteiger partial charge in [0.25, 0.3) is 0 Å². The average Bonchev–Trinajstić information content (AvgIpc) is 2.62. The third kappa shape index (κ3) is 5.52. The molecule has 3 nitrogen and oxygen atoms in total. The molecular weight excluding hydrogens is 245 g/mol. The lowest BCUT2D eigenvalue weighted by molar-refractivity contribution is 0.139. The highest BCUT2D eigenvalue weighted by molar-refractivity contribution is 7.11. The number of nitrogens with zero attached hydrogens (tertiary/aromatic N) is 1. The van der Waals surface area contributed by atoms with Crippen molar-refractivity contribution in [2.24, 2.45) is 0 Å². The predicted molar refractivity (Wildman–Crippen MR) is 79.5 cm³/mol. The van der Waals surface area contributed by atoms with Gasteiger partial charge in [-0.3, -0.25) is 0 Å². The van der Waals surface area contributed by atoms with Gasteiger partial charge in [-0.05, 0) is 58.7 Å². The fourth-order valence-corrected chi connectivity index (χ4v) is 2.60. The van der Waals surface area contributed by atoms with E-state index in [0.29, 0.717) is 0 Å². The molecule has 0 atom stereocenters. The zero-order chi connectivity index (χ0) is 13.7. The molecule has 18 heavy (non-hydrogen) atoms. The standard InChI is InChI=1S/C13H24BNO2S/c1-10(2)16-14(17-11(3)4)12-7-13(18-9-12)8-15(5)6/h7,9-11H,8H2,1-6H3. The summed E-state index contributed by atoms with van der Waals surface area (Å²) < 4.78 is 11.7. The van der Waals surface area contributed by atoms with E-state index in [4.69, 9.17) is 9.31 Å². The molecule has 0 aliphatic heterocycles. The van der Waals surface area contributed by atoms with Gasteiger partial charge in [0, 0.05) is 23.6 Å². The van der Waals surface area contributed by atoms with Crippen LogP contribution >= 0.6 is 11.3 Å². The van der Waals surface area contributed by atoms with Crippen molar-refractivity contribution in [3.8, 4) is 0 Å². The third-order valence-electron chi connectivity index (χ3n) is 2.21. The fraction of sp³-hybridized carbons (Fsp3) is 0.692. The Hall–Kier alpha value is -0.355. The molecule has 5 heteroatoms. The van der Waals surface area contributed by atoms with E-state index in [1.807, 2.05) is 27.7 Å². The van der Waals surface area contributed by atoms with Gasteiger partial charge in [0.1, 0.15) is 0 Å². The van der Waals surface area contributed by atoms with Crippen molar-refractivity contribution in [2.75, 3.05) is 14.1 Å². The van der Waals surface area contributed by atoms with Crippen LogP contribution in [0.4, 0.5) is 0 Å². The summed E-state index contributed by atoms with van der Waals surface area (Å²) in [5, 5.41) is 2.13. The first-order valence-corrected chi connectivity index (χ1v) is 7.29. The van der Waals surface area contributed by atoms with Crippen molar-refractivity contribution >= 4 is 23.9 Å². The van der Waals surface area contributed by atoms with E-state index in [1.54, 1.807) is 11.3 Å². The first kappa shape index (κ1) is 15.7. The number of hydrogen-bond acceptors (Lipinski definition) is 4. The Morgan fingerprint density at radius 2 is 1.72 bits per heavy atom. The van der Waals surface area contributed by atoms with Gasteiger partial charge < -0.3 is 14.2 Å². The highest BCUT2D eigenvalue weighted by Gasteiger charge is 2.25. The zero-order valence-corrected chi connectivity index (χ0v) is 13.1. The molecule has 1 aromatic rings. The normalized spacial score (nSPS) is 11.8. The second-order valence-corrected chi connectivity index (χ2v) is 6.28. The highest BCUT2D eigenvalue weighted by atomic mass is 32.1. The van der Waals surface area contributed by atoms with Crippen LogP contribution in [0.1, 0.15) is 32.6 Å². The Morgan fingerprint density at radius 1 is 1.17 bits per heavy atom. The minimum atomic E-state index is -0.253. The molecule has 0 spiro atoms. The molecule has 0 fully saturated rings.